The summed E-state index contributed by atoms with van der Waals surface area (Å²) in [6.07, 6.45) is 3.14. The number of nitrogens with zero attached hydrogens (tertiary/aromatic N) is 2. The number of fused-ring (bicyclic) bond motifs is 1. The van der Waals surface area contributed by atoms with E-state index in [9.17, 15) is 5.11 Å². The smallest absolute Gasteiger partial charge is 0.170 e. The van der Waals surface area contributed by atoms with Gasteiger partial charge in [-0.05, 0) is 0 Å². The zero-order chi connectivity index (χ0) is 6.27. The lowest BCUT2D eigenvalue weighted by Crippen LogP contribution is -2.02. The third-order valence-electron chi connectivity index (χ3n) is 1.32. The predicted octanol–water partition coefficient (Wildman–Crippen LogP) is 0.480. The summed E-state index contributed by atoms with van der Waals surface area (Å²) in [5.41, 5.74) is 0. The molecule has 0 bridgehead atoms. The van der Waals surface area contributed by atoms with Gasteiger partial charge in [-0.2, -0.15) is 0 Å². The number of hydrogen-bond donors (Lipinski definition) is 1. The summed E-state index contributed by atoms with van der Waals surface area (Å²) in [5, 5.41) is 10.1. The van der Waals surface area contributed by atoms with Gasteiger partial charge in [-0.15, -0.1) is 0 Å². The fourth-order valence-electron chi connectivity index (χ4n) is 0.867. The minimum atomic E-state index is -0.354. The molecule has 48 valence electrons. The first-order valence-electron chi connectivity index (χ1n) is 2.71. The van der Waals surface area contributed by atoms with Crippen LogP contribution in [0.25, 0.3) is 0 Å². The highest BCUT2D eigenvalue weighted by atomic mass is 32.2. The van der Waals surface area contributed by atoms with E-state index < -0.39 is 0 Å². The number of aromatic nitrogens is 2. The van der Waals surface area contributed by atoms with Gasteiger partial charge in [0.1, 0.15) is 6.23 Å². The standard InChI is InChI=1S/C5H6N2OS/c8-4-3-9-5-6-1-2-7(4)5/h1-2,4,8H,3H2. The highest BCUT2D eigenvalue weighted by molar-refractivity contribution is 7.99. The Morgan fingerprint density at radius 2 is 2.78 bits per heavy atom. The molecule has 1 N–H and O–H groups in total. The van der Waals surface area contributed by atoms with Crippen molar-refractivity contribution in [3.8, 4) is 0 Å². The van der Waals surface area contributed by atoms with Crippen molar-refractivity contribution in [1.29, 1.82) is 0 Å². The first-order chi connectivity index (χ1) is 4.38. The van der Waals surface area contributed by atoms with E-state index in [1.807, 2.05) is 0 Å². The summed E-state index contributed by atoms with van der Waals surface area (Å²) >= 11 is 1.58. The Bertz CT molecular complexity index is 222. The fourth-order valence-corrected chi connectivity index (χ4v) is 1.79. The molecular weight excluding hydrogens is 136 g/mol. The summed E-state index contributed by atoms with van der Waals surface area (Å²) in [5.74, 6) is 0.739. The summed E-state index contributed by atoms with van der Waals surface area (Å²) in [7, 11) is 0. The van der Waals surface area contributed by atoms with Crippen LogP contribution in [0, 0.1) is 0 Å². The number of imidazole rings is 1. The lowest BCUT2D eigenvalue weighted by molar-refractivity contribution is 0.127. The summed E-state index contributed by atoms with van der Waals surface area (Å²) < 4.78 is 1.77. The van der Waals surface area contributed by atoms with Crippen molar-refractivity contribution in [2.75, 3.05) is 5.75 Å². The Balaban J connectivity index is 2.49. The van der Waals surface area contributed by atoms with Crippen molar-refractivity contribution in [3.05, 3.63) is 12.4 Å². The normalized spacial score (nSPS) is 24.3. The van der Waals surface area contributed by atoms with E-state index in [1.54, 1.807) is 28.7 Å². The summed E-state index contributed by atoms with van der Waals surface area (Å²) in [4.78, 5) is 4.01. The topological polar surface area (TPSA) is 38.1 Å². The SMILES string of the molecule is OC1CSc2nccn21. The maximum absolute atomic E-state index is 9.17. The molecule has 0 amide bonds. The van der Waals surface area contributed by atoms with Gasteiger partial charge in [-0.25, -0.2) is 4.98 Å². The molecule has 1 aliphatic heterocycles. The molecule has 0 saturated heterocycles. The molecular formula is C5H6N2OS. The molecule has 2 heterocycles. The van der Waals surface area contributed by atoms with Gasteiger partial charge in [0.2, 0.25) is 0 Å². The van der Waals surface area contributed by atoms with Gasteiger partial charge in [0, 0.05) is 18.1 Å². The van der Waals surface area contributed by atoms with E-state index in [1.165, 1.54) is 0 Å². The van der Waals surface area contributed by atoms with E-state index in [0.29, 0.717) is 0 Å². The molecule has 0 fully saturated rings. The quantitative estimate of drug-likeness (QED) is 0.572. The van der Waals surface area contributed by atoms with Gasteiger partial charge >= 0.3 is 0 Å². The Hall–Kier alpha value is -0.480. The van der Waals surface area contributed by atoms with E-state index in [4.69, 9.17) is 0 Å². The predicted molar refractivity (Wildman–Crippen MR) is 34.2 cm³/mol. The molecule has 0 saturated carbocycles. The van der Waals surface area contributed by atoms with Crippen molar-refractivity contribution in [1.82, 2.24) is 9.55 Å². The largest absolute Gasteiger partial charge is 0.372 e. The number of aliphatic hydroxyl groups is 1. The molecule has 9 heavy (non-hydrogen) atoms. The van der Waals surface area contributed by atoms with E-state index in [-0.39, 0.29) is 6.23 Å². The second kappa shape index (κ2) is 1.75. The monoisotopic (exact) mass is 142 g/mol. The van der Waals surface area contributed by atoms with Crippen LogP contribution < -0.4 is 0 Å². The molecule has 2 rings (SSSR count). The zero-order valence-electron chi connectivity index (χ0n) is 4.69. The molecule has 1 aromatic rings. The Kier molecular flexibility index (Phi) is 1.03. The van der Waals surface area contributed by atoms with Gasteiger partial charge in [0.25, 0.3) is 0 Å². The third kappa shape index (κ3) is 0.668. The van der Waals surface area contributed by atoms with E-state index in [0.717, 1.165) is 10.9 Å². The molecule has 0 aliphatic carbocycles. The van der Waals surface area contributed by atoms with Crippen LogP contribution in [0.3, 0.4) is 0 Å². The van der Waals surface area contributed by atoms with E-state index in [2.05, 4.69) is 4.98 Å². The summed E-state index contributed by atoms with van der Waals surface area (Å²) in [6, 6.07) is 0. The van der Waals surface area contributed by atoms with Gasteiger partial charge in [-0.1, -0.05) is 11.8 Å². The zero-order valence-corrected chi connectivity index (χ0v) is 5.51. The van der Waals surface area contributed by atoms with Crippen LogP contribution in [0.2, 0.25) is 0 Å². The minimum Gasteiger partial charge on any atom is -0.372 e. The van der Waals surface area contributed by atoms with Crippen LogP contribution in [0.5, 0.6) is 0 Å². The Morgan fingerprint density at radius 3 is 3.56 bits per heavy atom. The molecule has 1 aliphatic rings. The fraction of sp³-hybridized carbons (Fsp3) is 0.400. The van der Waals surface area contributed by atoms with Crippen LogP contribution in [0.1, 0.15) is 6.23 Å². The Labute approximate surface area is 56.7 Å². The van der Waals surface area contributed by atoms with Crippen molar-refractivity contribution >= 4 is 11.8 Å². The van der Waals surface area contributed by atoms with Crippen molar-refractivity contribution in [2.24, 2.45) is 0 Å². The first kappa shape index (κ1) is 5.32. The van der Waals surface area contributed by atoms with Gasteiger partial charge in [0.15, 0.2) is 5.16 Å². The molecule has 0 aromatic carbocycles. The molecule has 1 aromatic heterocycles. The lowest BCUT2D eigenvalue weighted by Gasteiger charge is -1.99. The van der Waals surface area contributed by atoms with Crippen LogP contribution in [-0.4, -0.2) is 20.4 Å². The van der Waals surface area contributed by atoms with Crippen molar-refractivity contribution in [3.63, 3.8) is 0 Å². The molecule has 0 radical (unpaired) electrons. The lowest BCUT2D eigenvalue weighted by atomic mass is 10.6. The highest BCUT2D eigenvalue weighted by Crippen LogP contribution is 2.29. The average Bonchev–Trinajstić information content (AvgIpc) is 2.35. The number of aliphatic hydroxyl groups excluding tert-OH is 1. The van der Waals surface area contributed by atoms with Crippen LogP contribution >= 0.6 is 11.8 Å². The van der Waals surface area contributed by atoms with Crippen molar-refractivity contribution in [2.45, 2.75) is 11.4 Å². The second-order valence-electron chi connectivity index (χ2n) is 1.91. The average molecular weight is 142 g/mol. The first-order valence-corrected chi connectivity index (χ1v) is 3.70. The van der Waals surface area contributed by atoms with Gasteiger partial charge in [-0.3, -0.25) is 4.57 Å². The molecule has 1 unspecified atom stereocenters. The number of rotatable bonds is 0. The maximum Gasteiger partial charge on any atom is 0.170 e. The molecule has 0 spiro atoms. The third-order valence-corrected chi connectivity index (χ3v) is 2.35. The number of hydrogen-bond acceptors (Lipinski definition) is 3. The molecule has 4 heteroatoms. The number of thioether (sulfide) groups is 1. The maximum atomic E-state index is 9.17. The van der Waals surface area contributed by atoms with Crippen LogP contribution in [-0.2, 0) is 0 Å². The molecule has 3 nitrogen and oxygen atoms in total. The van der Waals surface area contributed by atoms with Crippen LogP contribution in [0.15, 0.2) is 17.6 Å². The minimum absolute atomic E-state index is 0.354. The Morgan fingerprint density at radius 1 is 1.89 bits per heavy atom. The molecule has 1 atom stereocenters. The van der Waals surface area contributed by atoms with Crippen molar-refractivity contribution < 1.29 is 5.11 Å². The van der Waals surface area contributed by atoms with Gasteiger partial charge in [0.05, 0.1) is 0 Å². The summed E-state index contributed by atoms with van der Waals surface area (Å²) in [6.45, 7) is 0. The van der Waals surface area contributed by atoms with Gasteiger partial charge < -0.3 is 5.11 Å². The highest BCUT2D eigenvalue weighted by Gasteiger charge is 2.19. The second-order valence-corrected chi connectivity index (χ2v) is 2.90. The van der Waals surface area contributed by atoms with E-state index >= 15 is 0 Å². The van der Waals surface area contributed by atoms with Crippen LogP contribution in [0.4, 0.5) is 0 Å².